The van der Waals surface area contributed by atoms with Gasteiger partial charge in [-0.3, -0.25) is 4.79 Å². The molecule has 1 aromatic carbocycles. The number of carbonyl (C=O) groups is 1. The highest BCUT2D eigenvalue weighted by molar-refractivity contribution is 7.09. The first kappa shape index (κ1) is 15.2. The van der Waals surface area contributed by atoms with Crippen molar-refractivity contribution < 1.29 is 14.3 Å². The van der Waals surface area contributed by atoms with Crippen molar-refractivity contribution in [1.29, 1.82) is 0 Å². The maximum Gasteiger partial charge on any atom is 0.322 e. The third-order valence-electron chi connectivity index (χ3n) is 6.09. The standard InChI is InChI=1S/C18H17N3O3S/c1-17-11-8-9-12(23-11)18(17,2)15(22)24-14(17)20-16-19-13(21-25-16)10-6-4-3-5-7-10/h3-7,11-12H,8-9H2,1-2H3/b20-14-/t11-,12+,17+,18-/m0/s1. The Morgan fingerprint density at radius 2 is 1.88 bits per heavy atom. The van der Waals surface area contributed by atoms with Gasteiger partial charge in [0.1, 0.15) is 5.41 Å². The normalized spacial score (nSPS) is 37.5. The Morgan fingerprint density at radius 1 is 1.16 bits per heavy atom. The van der Waals surface area contributed by atoms with E-state index in [2.05, 4.69) is 14.3 Å². The molecular weight excluding hydrogens is 338 g/mol. The Morgan fingerprint density at radius 3 is 2.64 bits per heavy atom. The van der Waals surface area contributed by atoms with Crippen LogP contribution in [0.15, 0.2) is 35.3 Å². The fourth-order valence-electron chi connectivity index (χ4n) is 4.35. The van der Waals surface area contributed by atoms with Gasteiger partial charge in [0.25, 0.3) is 0 Å². The van der Waals surface area contributed by atoms with Crippen molar-refractivity contribution >= 4 is 28.5 Å². The fraction of sp³-hybridized carbons (Fsp3) is 0.444. The molecule has 3 saturated heterocycles. The second-order valence-corrected chi connectivity index (χ2v) is 7.90. The molecule has 25 heavy (non-hydrogen) atoms. The molecule has 1 aromatic heterocycles. The first-order chi connectivity index (χ1) is 12.0. The quantitative estimate of drug-likeness (QED) is 0.772. The van der Waals surface area contributed by atoms with Crippen LogP contribution in [0, 0.1) is 10.8 Å². The smallest absolute Gasteiger partial charge is 0.322 e. The number of aromatic nitrogens is 2. The number of hydrogen-bond acceptors (Lipinski definition) is 7. The number of rotatable bonds is 2. The van der Waals surface area contributed by atoms with E-state index in [-0.39, 0.29) is 18.2 Å². The van der Waals surface area contributed by atoms with Crippen molar-refractivity contribution in [1.82, 2.24) is 9.36 Å². The van der Waals surface area contributed by atoms with Gasteiger partial charge in [0, 0.05) is 17.1 Å². The summed E-state index contributed by atoms with van der Waals surface area (Å²) in [4.78, 5) is 21.6. The van der Waals surface area contributed by atoms with Gasteiger partial charge in [-0.15, -0.1) is 0 Å². The molecule has 2 bridgehead atoms. The Balaban J connectivity index is 1.54. The van der Waals surface area contributed by atoms with Crippen molar-refractivity contribution in [2.24, 2.45) is 15.8 Å². The maximum atomic E-state index is 12.6. The molecule has 5 rings (SSSR count). The molecule has 4 atom stereocenters. The molecule has 0 N–H and O–H groups in total. The van der Waals surface area contributed by atoms with E-state index >= 15 is 0 Å². The summed E-state index contributed by atoms with van der Waals surface area (Å²) in [6.45, 7) is 3.97. The van der Waals surface area contributed by atoms with Gasteiger partial charge < -0.3 is 9.47 Å². The second-order valence-electron chi connectivity index (χ2n) is 7.17. The third-order valence-corrected chi connectivity index (χ3v) is 6.70. The van der Waals surface area contributed by atoms with Gasteiger partial charge in [-0.05, 0) is 26.7 Å². The molecule has 0 amide bonds. The summed E-state index contributed by atoms with van der Waals surface area (Å²) in [7, 11) is 0. The molecule has 3 aliphatic heterocycles. The van der Waals surface area contributed by atoms with Gasteiger partial charge in [0.2, 0.25) is 11.0 Å². The van der Waals surface area contributed by atoms with Crippen molar-refractivity contribution in [3.05, 3.63) is 30.3 Å². The monoisotopic (exact) mass is 355 g/mol. The van der Waals surface area contributed by atoms with Crippen LogP contribution in [0.25, 0.3) is 11.4 Å². The van der Waals surface area contributed by atoms with Crippen LogP contribution in [0.3, 0.4) is 0 Å². The van der Waals surface area contributed by atoms with E-state index in [9.17, 15) is 4.79 Å². The van der Waals surface area contributed by atoms with Gasteiger partial charge in [0.15, 0.2) is 5.82 Å². The number of cyclic esters (lactones) is 1. The summed E-state index contributed by atoms with van der Waals surface area (Å²) >= 11 is 1.20. The number of fused-ring (bicyclic) bond motifs is 5. The number of aliphatic imine (C=N–C) groups is 1. The van der Waals surface area contributed by atoms with Gasteiger partial charge in [-0.2, -0.15) is 14.3 Å². The second kappa shape index (κ2) is 4.95. The van der Waals surface area contributed by atoms with Crippen molar-refractivity contribution in [3.63, 3.8) is 0 Å². The predicted octanol–water partition coefficient (Wildman–Crippen LogP) is 3.37. The topological polar surface area (TPSA) is 73.7 Å². The van der Waals surface area contributed by atoms with E-state index in [1.807, 2.05) is 44.2 Å². The lowest BCUT2D eigenvalue weighted by Crippen LogP contribution is -2.48. The molecule has 7 heteroatoms. The van der Waals surface area contributed by atoms with Crippen molar-refractivity contribution in [2.45, 2.75) is 38.9 Å². The highest BCUT2D eigenvalue weighted by Gasteiger charge is 2.75. The number of esters is 1. The SMILES string of the molecule is C[C@@]12/C(=N/c3nc(-c4ccccc4)ns3)OC(=O)[C@]1(C)[C@H]1CC[C@@H]2O1. The summed E-state index contributed by atoms with van der Waals surface area (Å²) in [5, 5.41) is 0.495. The molecule has 3 aliphatic rings. The Bertz CT molecular complexity index is 896. The Labute approximate surface area is 149 Å². The zero-order chi connectivity index (χ0) is 17.2. The van der Waals surface area contributed by atoms with E-state index < -0.39 is 10.8 Å². The molecule has 128 valence electrons. The number of carbonyl (C=O) groups excluding carboxylic acids is 1. The summed E-state index contributed by atoms with van der Waals surface area (Å²) in [5.74, 6) is 0.808. The van der Waals surface area contributed by atoms with Crippen LogP contribution in [-0.2, 0) is 14.3 Å². The van der Waals surface area contributed by atoms with E-state index in [0.717, 1.165) is 18.4 Å². The van der Waals surface area contributed by atoms with Crippen LogP contribution in [0.2, 0.25) is 0 Å². The lowest BCUT2D eigenvalue weighted by molar-refractivity contribution is -0.146. The lowest BCUT2D eigenvalue weighted by atomic mass is 9.59. The van der Waals surface area contributed by atoms with Gasteiger partial charge in [-0.1, -0.05) is 30.3 Å². The summed E-state index contributed by atoms with van der Waals surface area (Å²) in [6.07, 6.45) is 1.71. The van der Waals surface area contributed by atoms with E-state index in [0.29, 0.717) is 16.9 Å². The van der Waals surface area contributed by atoms with Crippen LogP contribution in [0.5, 0.6) is 0 Å². The van der Waals surface area contributed by atoms with Crippen LogP contribution in [0.4, 0.5) is 5.13 Å². The first-order valence-electron chi connectivity index (χ1n) is 8.39. The minimum Gasteiger partial charge on any atom is -0.410 e. The number of ether oxygens (including phenoxy) is 2. The van der Waals surface area contributed by atoms with Crippen LogP contribution in [-0.4, -0.2) is 33.4 Å². The average Bonchev–Trinajstić information content (AvgIpc) is 3.36. The number of benzene rings is 1. The van der Waals surface area contributed by atoms with Crippen molar-refractivity contribution in [2.75, 3.05) is 0 Å². The maximum absolute atomic E-state index is 12.6. The minimum absolute atomic E-state index is 0.0331. The van der Waals surface area contributed by atoms with Crippen LogP contribution < -0.4 is 0 Å². The lowest BCUT2D eigenvalue weighted by Gasteiger charge is -2.36. The third kappa shape index (κ3) is 1.82. The van der Waals surface area contributed by atoms with Gasteiger partial charge in [-0.25, -0.2) is 0 Å². The Hall–Kier alpha value is -2.12. The molecule has 0 saturated carbocycles. The first-order valence-corrected chi connectivity index (χ1v) is 9.17. The average molecular weight is 355 g/mol. The molecule has 0 spiro atoms. The van der Waals surface area contributed by atoms with Gasteiger partial charge in [0.05, 0.1) is 17.6 Å². The zero-order valence-corrected chi connectivity index (χ0v) is 14.7. The molecule has 0 aliphatic carbocycles. The molecule has 0 radical (unpaired) electrons. The van der Waals surface area contributed by atoms with Gasteiger partial charge >= 0.3 is 5.97 Å². The molecule has 3 fully saturated rings. The van der Waals surface area contributed by atoms with E-state index in [4.69, 9.17) is 9.47 Å². The van der Waals surface area contributed by atoms with Crippen LogP contribution >= 0.6 is 11.5 Å². The van der Waals surface area contributed by atoms with Crippen LogP contribution in [0.1, 0.15) is 26.7 Å². The molecule has 6 nitrogen and oxygen atoms in total. The predicted molar refractivity (Wildman–Crippen MR) is 92.6 cm³/mol. The summed E-state index contributed by atoms with van der Waals surface area (Å²) < 4.78 is 16.0. The highest BCUT2D eigenvalue weighted by Crippen LogP contribution is 2.64. The zero-order valence-electron chi connectivity index (χ0n) is 13.9. The van der Waals surface area contributed by atoms with E-state index in [1.165, 1.54) is 11.5 Å². The van der Waals surface area contributed by atoms with Crippen molar-refractivity contribution in [3.8, 4) is 11.4 Å². The number of nitrogens with zero attached hydrogens (tertiary/aromatic N) is 3. The fourth-order valence-corrected chi connectivity index (χ4v) is 4.92. The highest BCUT2D eigenvalue weighted by atomic mass is 32.1. The van der Waals surface area contributed by atoms with E-state index in [1.54, 1.807) is 0 Å². The molecule has 4 heterocycles. The summed E-state index contributed by atoms with van der Waals surface area (Å²) in [6, 6.07) is 9.75. The largest absolute Gasteiger partial charge is 0.410 e. The Kier molecular flexibility index (Phi) is 3.00. The molecular formula is C18H17N3O3S. The molecule has 0 unspecified atom stereocenters. The number of hydrogen-bond donors (Lipinski definition) is 0. The summed E-state index contributed by atoms with van der Waals surface area (Å²) in [5.41, 5.74) is -0.263. The minimum atomic E-state index is -0.665. The molecule has 2 aromatic rings.